The molecule has 1 unspecified atom stereocenters. The van der Waals surface area contributed by atoms with Crippen molar-refractivity contribution in [2.24, 2.45) is 0 Å². The minimum atomic E-state index is 0.577. The maximum atomic E-state index is 5.87. The van der Waals surface area contributed by atoms with E-state index in [4.69, 9.17) is 11.6 Å². The molecule has 0 saturated carbocycles. The topological polar surface area (TPSA) is 12.9 Å². The lowest BCUT2D eigenvalue weighted by atomic mass is 9.95. The number of rotatable bonds is 5. The number of nitrogens with zero attached hydrogens (tertiary/aromatic N) is 1. The van der Waals surface area contributed by atoms with E-state index in [-0.39, 0.29) is 0 Å². The van der Waals surface area contributed by atoms with Gasteiger partial charge in [0.25, 0.3) is 0 Å². The van der Waals surface area contributed by atoms with Crippen LogP contribution in [-0.2, 0) is 0 Å². The maximum Gasteiger partial charge on any atom is 0.129 e. The Morgan fingerprint density at radius 3 is 2.71 bits per heavy atom. The molecule has 1 aromatic heterocycles. The lowest BCUT2D eigenvalue weighted by molar-refractivity contribution is 0.557. The third kappa shape index (κ3) is 3.30. The fourth-order valence-corrected chi connectivity index (χ4v) is 1.83. The predicted octanol–water partition coefficient (Wildman–Crippen LogP) is 4.42. The molecule has 0 N–H and O–H groups in total. The molecule has 0 amide bonds. The summed E-state index contributed by atoms with van der Waals surface area (Å²) in [5.74, 6) is 0.577. The van der Waals surface area contributed by atoms with Crippen LogP contribution in [0.3, 0.4) is 0 Å². The third-order valence-corrected chi connectivity index (χ3v) is 2.76. The van der Waals surface area contributed by atoms with Crippen LogP contribution in [-0.4, -0.2) is 4.98 Å². The van der Waals surface area contributed by atoms with E-state index in [1.165, 1.54) is 19.3 Å². The van der Waals surface area contributed by atoms with E-state index < -0.39 is 0 Å². The molecule has 0 aliphatic heterocycles. The molecule has 0 aliphatic rings. The molecule has 0 aliphatic carbocycles. The zero-order valence-electron chi connectivity index (χ0n) is 8.96. The summed E-state index contributed by atoms with van der Waals surface area (Å²) < 4.78 is 0. The van der Waals surface area contributed by atoms with Gasteiger partial charge in [0.1, 0.15) is 5.15 Å². The van der Waals surface area contributed by atoms with E-state index in [9.17, 15) is 0 Å². The molecule has 0 spiro atoms. The Labute approximate surface area is 91.5 Å². The molecule has 1 aromatic rings. The van der Waals surface area contributed by atoms with E-state index in [2.05, 4.69) is 24.9 Å². The number of unbranched alkanes of at least 4 members (excludes halogenated alkanes) is 1. The largest absolute Gasteiger partial charge is 0.241 e. The van der Waals surface area contributed by atoms with Crippen LogP contribution >= 0.6 is 11.6 Å². The summed E-state index contributed by atoms with van der Waals surface area (Å²) in [4.78, 5) is 4.36. The van der Waals surface area contributed by atoms with E-state index >= 15 is 0 Å². The molecule has 1 atom stereocenters. The van der Waals surface area contributed by atoms with Gasteiger partial charge in [-0.05, 0) is 25.0 Å². The molecule has 1 rings (SSSR count). The van der Waals surface area contributed by atoms with Crippen LogP contribution < -0.4 is 0 Å². The Hall–Kier alpha value is -0.560. The molecule has 14 heavy (non-hydrogen) atoms. The third-order valence-electron chi connectivity index (χ3n) is 2.55. The monoisotopic (exact) mass is 211 g/mol. The fraction of sp³-hybridized carbons (Fsp3) is 0.583. The van der Waals surface area contributed by atoms with Crippen LogP contribution in [0.5, 0.6) is 0 Å². The average molecular weight is 212 g/mol. The first kappa shape index (κ1) is 11.5. The van der Waals surface area contributed by atoms with Crippen molar-refractivity contribution < 1.29 is 0 Å². The van der Waals surface area contributed by atoms with Gasteiger partial charge in [0, 0.05) is 11.6 Å². The SMILES string of the molecule is CCCCC(CC)c1cccc(Cl)n1. The van der Waals surface area contributed by atoms with E-state index in [1.807, 2.05) is 12.1 Å². The van der Waals surface area contributed by atoms with Gasteiger partial charge in [0.2, 0.25) is 0 Å². The molecule has 1 heterocycles. The summed E-state index contributed by atoms with van der Waals surface area (Å²) in [6.45, 7) is 4.43. The molecule has 0 aromatic carbocycles. The number of aromatic nitrogens is 1. The maximum absolute atomic E-state index is 5.87. The van der Waals surface area contributed by atoms with E-state index in [0.717, 1.165) is 12.1 Å². The molecule has 0 radical (unpaired) electrons. The lowest BCUT2D eigenvalue weighted by Crippen LogP contribution is -2.00. The Bertz CT molecular complexity index is 273. The molecule has 1 nitrogen and oxygen atoms in total. The Morgan fingerprint density at radius 1 is 1.36 bits per heavy atom. The zero-order chi connectivity index (χ0) is 10.4. The smallest absolute Gasteiger partial charge is 0.129 e. The summed E-state index contributed by atoms with van der Waals surface area (Å²) >= 11 is 5.87. The van der Waals surface area contributed by atoms with Gasteiger partial charge in [0.15, 0.2) is 0 Å². The van der Waals surface area contributed by atoms with Crippen molar-refractivity contribution in [3.63, 3.8) is 0 Å². The second-order valence-electron chi connectivity index (χ2n) is 3.63. The highest BCUT2D eigenvalue weighted by atomic mass is 35.5. The summed E-state index contributed by atoms with van der Waals surface area (Å²) in [7, 11) is 0. The number of pyridine rings is 1. The molecule has 2 heteroatoms. The van der Waals surface area contributed by atoms with E-state index in [0.29, 0.717) is 11.1 Å². The van der Waals surface area contributed by atoms with Crippen molar-refractivity contribution in [3.8, 4) is 0 Å². The van der Waals surface area contributed by atoms with Crippen molar-refractivity contribution in [2.45, 2.75) is 45.4 Å². The Balaban J connectivity index is 2.68. The first-order chi connectivity index (χ1) is 6.77. The summed E-state index contributed by atoms with van der Waals surface area (Å²) in [6, 6.07) is 5.90. The molecule has 0 bridgehead atoms. The highest BCUT2D eigenvalue weighted by Gasteiger charge is 2.09. The summed E-state index contributed by atoms with van der Waals surface area (Å²) in [5, 5.41) is 0.609. The second-order valence-corrected chi connectivity index (χ2v) is 4.02. The highest BCUT2D eigenvalue weighted by molar-refractivity contribution is 6.29. The summed E-state index contributed by atoms with van der Waals surface area (Å²) in [6.07, 6.45) is 4.89. The van der Waals surface area contributed by atoms with Gasteiger partial charge in [-0.15, -0.1) is 0 Å². The zero-order valence-corrected chi connectivity index (χ0v) is 9.72. The summed E-state index contributed by atoms with van der Waals surface area (Å²) in [5.41, 5.74) is 1.15. The first-order valence-corrected chi connectivity index (χ1v) is 5.78. The molecule has 0 fully saturated rings. The minimum absolute atomic E-state index is 0.577. The van der Waals surface area contributed by atoms with Crippen molar-refractivity contribution in [1.29, 1.82) is 0 Å². The van der Waals surface area contributed by atoms with Gasteiger partial charge in [-0.1, -0.05) is 44.4 Å². The van der Waals surface area contributed by atoms with Crippen LogP contribution in [0.25, 0.3) is 0 Å². The molecular formula is C12H18ClN. The Kier molecular flexibility index (Phi) is 4.95. The van der Waals surface area contributed by atoms with Gasteiger partial charge in [-0.2, -0.15) is 0 Å². The van der Waals surface area contributed by atoms with Gasteiger partial charge >= 0.3 is 0 Å². The van der Waals surface area contributed by atoms with Crippen LogP contribution in [0, 0.1) is 0 Å². The van der Waals surface area contributed by atoms with Crippen LogP contribution in [0.4, 0.5) is 0 Å². The van der Waals surface area contributed by atoms with Crippen molar-refractivity contribution in [3.05, 3.63) is 29.0 Å². The first-order valence-electron chi connectivity index (χ1n) is 5.40. The van der Waals surface area contributed by atoms with Gasteiger partial charge in [-0.25, -0.2) is 4.98 Å². The van der Waals surface area contributed by atoms with Gasteiger partial charge < -0.3 is 0 Å². The lowest BCUT2D eigenvalue weighted by Gasteiger charge is -2.13. The fourth-order valence-electron chi connectivity index (χ4n) is 1.66. The van der Waals surface area contributed by atoms with Crippen molar-refractivity contribution in [2.75, 3.05) is 0 Å². The highest BCUT2D eigenvalue weighted by Crippen LogP contribution is 2.24. The normalized spacial score (nSPS) is 12.8. The van der Waals surface area contributed by atoms with Gasteiger partial charge in [-0.3, -0.25) is 0 Å². The van der Waals surface area contributed by atoms with Crippen molar-refractivity contribution >= 4 is 11.6 Å². The van der Waals surface area contributed by atoms with Gasteiger partial charge in [0.05, 0.1) is 0 Å². The Morgan fingerprint density at radius 2 is 2.14 bits per heavy atom. The quantitative estimate of drug-likeness (QED) is 0.658. The number of hydrogen-bond donors (Lipinski definition) is 0. The molecule has 0 saturated heterocycles. The van der Waals surface area contributed by atoms with E-state index in [1.54, 1.807) is 0 Å². The molecular weight excluding hydrogens is 194 g/mol. The second kappa shape index (κ2) is 6.02. The van der Waals surface area contributed by atoms with Crippen LogP contribution in [0.1, 0.15) is 51.1 Å². The predicted molar refractivity (Wildman–Crippen MR) is 61.8 cm³/mol. The molecule has 78 valence electrons. The van der Waals surface area contributed by atoms with Crippen molar-refractivity contribution in [1.82, 2.24) is 4.98 Å². The van der Waals surface area contributed by atoms with Crippen LogP contribution in [0.15, 0.2) is 18.2 Å². The number of halogens is 1. The van der Waals surface area contributed by atoms with Crippen LogP contribution in [0.2, 0.25) is 5.15 Å². The average Bonchev–Trinajstić information content (AvgIpc) is 2.19. The minimum Gasteiger partial charge on any atom is -0.241 e. The number of hydrogen-bond acceptors (Lipinski definition) is 1. The standard InChI is InChI=1S/C12H18ClN/c1-3-5-7-10(4-2)11-8-6-9-12(13)14-11/h6,8-10H,3-5,7H2,1-2H3.